The zero-order chi connectivity index (χ0) is 15.6. The summed E-state index contributed by atoms with van der Waals surface area (Å²) in [5.74, 6) is 5.95. The Kier molecular flexibility index (Phi) is 6.49. The van der Waals surface area contributed by atoms with E-state index in [1.54, 1.807) is 0 Å². The Morgan fingerprint density at radius 3 is 2.86 bits per heavy atom. The zero-order valence-electron chi connectivity index (χ0n) is 12.0. The average molecular weight is 315 g/mol. The molecule has 22 heavy (non-hydrogen) atoms. The van der Waals surface area contributed by atoms with Crippen LogP contribution in [0.3, 0.4) is 0 Å². The smallest absolute Gasteiger partial charge is 0.407 e. The number of alkyl carbamates (subject to hydrolysis) is 1. The predicted molar refractivity (Wildman–Crippen MR) is 86.4 cm³/mol. The molecule has 0 saturated carbocycles. The summed E-state index contributed by atoms with van der Waals surface area (Å²) in [7, 11) is 0. The molecule has 2 aromatic rings. The van der Waals surface area contributed by atoms with Crippen LogP contribution in [0.4, 0.5) is 4.79 Å². The molecule has 1 aromatic carbocycles. The number of benzene rings is 1. The molecule has 2 rings (SSSR count). The highest BCUT2D eigenvalue weighted by atomic mass is 32.1. The van der Waals surface area contributed by atoms with E-state index in [1.165, 1.54) is 11.3 Å². The van der Waals surface area contributed by atoms with Gasteiger partial charge in [0.1, 0.15) is 6.61 Å². The van der Waals surface area contributed by atoms with Crippen LogP contribution in [0.1, 0.15) is 22.4 Å². The largest absolute Gasteiger partial charge is 0.445 e. The molecule has 0 bridgehead atoms. The number of carbonyl (C=O) groups excluding carboxylic acids is 1. The van der Waals surface area contributed by atoms with Gasteiger partial charge in [-0.15, -0.1) is 11.3 Å². The summed E-state index contributed by atoms with van der Waals surface area (Å²) < 4.78 is 5.09. The van der Waals surface area contributed by atoms with Crippen molar-refractivity contribution in [3.63, 3.8) is 0 Å². The van der Waals surface area contributed by atoms with Crippen molar-refractivity contribution in [2.24, 2.45) is 0 Å². The van der Waals surface area contributed by atoms with E-state index >= 15 is 0 Å². The van der Waals surface area contributed by atoms with Gasteiger partial charge in [-0.25, -0.2) is 4.79 Å². The fourth-order valence-electron chi connectivity index (χ4n) is 1.73. The van der Waals surface area contributed by atoms with Gasteiger partial charge in [-0.3, -0.25) is 0 Å². The van der Waals surface area contributed by atoms with Gasteiger partial charge in [0.2, 0.25) is 0 Å². The molecule has 0 aliphatic rings. The van der Waals surface area contributed by atoms with Crippen LogP contribution in [-0.2, 0) is 18.0 Å². The number of rotatable bonds is 5. The van der Waals surface area contributed by atoms with Crippen LogP contribution >= 0.6 is 11.3 Å². The molecular weight excluding hydrogens is 298 g/mol. The Hall–Kier alpha value is -2.29. The highest BCUT2D eigenvalue weighted by molar-refractivity contribution is 7.10. The normalized spacial score (nSPS) is 9.68. The molecule has 1 amide bonds. The summed E-state index contributed by atoms with van der Waals surface area (Å²) in [6.45, 7) is 0.693. The number of thiophene rings is 1. The summed E-state index contributed by atoms with van der Waals surface area (Å²) in [5.41, 5.74) is 1.80. The van der Waals surface area contributed by atoms with Crippen molar-refractivity contribution >= 4 is 17.4 Å². The van der Waals surface area contributed by atoms with Gasteiger partial charge in [-0.1, -0.05) is 42.2 Å². The topological polar surface area (TPSA) is 58.6 Å². The van der Waals surface area contributed by atoms with E-state index in [0.29, 0.717) is 13.0 Å². The number of hydrogen-bond donors (Lipinski definition) is 2. The summed E-state index contributed by atoms with van der Waals surface area (Å²) in [4.78, 5) is 12.4. The van der Waals surface area contributed by atoms with Gasteiger partial charge < -0.3 is 15.2 Å². The Morgan fingerprint density at radius 1 is 1.27 bits per heavy atom. The number of carbonyl (C=O) groups is 1. The van der Waals surface area contributed by atoms with Gasteiger partial charge in [0, 0.05) is 23.4 Å². The van der Waals surface area contributed by atoms with Crippen LogP contribution in [-0.4, -0.2) is 17.7 Å². The average Bonchev–Trinajstić information content (AvgIpc) is 3.01. The Bertz CT molecular complexity index is 655. The molecule has 5 heteroatoms. The highest BCUT2D eigenvalue weighted by Crippen LogP contribution is 2.15. The van der Waals surface area contributed by atoms with Crippen LogP contribution < -0.4 is 5.32 Å². The third-order valence-electron chi connectivity index (χ3n) is 2.84. The van der Waals surface area contributed by atoms with Crippen molar-refractivity contribution in [3.05, 3.63) is 57.8 Å². The Morgan fingerprint density at radius 2 is 2.09 bits per heavy atom. The fraction of sp³-hybridized carbons (Fsp3) is 0.235. The van der Waals surface area contributed by atoms with Gasteiger partial charge in [0.15, 0.2) is 0 Å². The maximum Gasteiger partial charge on any atom is 0.407 e. The molecule has 4 nitrogen and oxygen atoms in total. The first-order chi connectivity index (χ1) is 10.8. The van der Waals surface area contributed by atoms with E-state index in [2.05, 4.69) is 17.2 Å². The van der Waals surface area contributed by atoms with Crippen molar-refractivity contribution < 1.29 is 14.6 Å². The molecule has 1 aromatic heterocycles. The van der Waals surface area contributed by atoms with E-state index in [1.807, 2.05) is 41.8 Å². The molecule has 0 spiro atoms. The summed E-state index contributed by atoms with van der Waals surface area (Å²) in [5, 5.41) is 13.7. The van der Waals surface area contributed by atoms with Gasteiger partial charge in [0.05, 0.1) is 6.61 Å². The molecule has 0 saturated heterocycles. The van der Waals surface area contributed by atoms with Gasteiger partial charge in [-0.2, -0.15) is 0 Å². The highest BCUT2D eigenvalue weighted by Gasteiger charge is 2.01. The molecule has 114 valence electrons. The zero-order valence-corrected chi connectivity index (χ0v) is 12.9. The molecule has 0 aliphatic heterocycles. The number of hydrogen-bond acceptors (Lipinski definition) is 4. The SMILES string of the molecule is O=C(NCCC#Cc1ccsc1CO)OCc1ccccc1. The van der Waals surface area contributed by atoms with Crippen molar-refractivity contribution in [2.45, 2.75) is 19.6 Å². The molecular formula is C17H17NO3S. The van der Waals surface area contributed by atoms with Crippen molar-refractivity contribution in [2.75, 3.05) is 6.54 Å². The molecule has 1 heterocycles. The second-order valence-electron chi connectivity index (χ2n) is 4.46. The lowest BCUT2D eigenvalue weighted by Gasteiger charge is -2.05. The third kappa shape index (κ3) is 5.24. The first-order valence-electron chi connectivity index (χ1n) is 6.90. The summed E-state index contributed by atoms with van der Waals surface area (Å²) in [6.07, 6.45) is 0.0819. The third-order valence-corrected chi connectivity index (χ3v) is 3.75. The second-order valence-corrected chi connectivity index (χ2v) is 5.46. The van der Waals surface area contributed by atoms with Crippen molar-refractivity contribution in [3.8, 4) is 11.8 Å². The second kappa shape index (κ2) is 8.88. The van der Waals surface area contributed by atoms with Gasteiger partial charge >= 0.3 is 6.09 Å². The van der Waals surface area contributed by atoms with E-state index in [-0.39, 0.29) is 13.2 Å². The molecule has 0 fully saturated rings. The van der Waals surface area contributed by atoms with Crippen LogP contribution in [0.2, 0.25) is 0 Å². The standard InChI is InChI=1S/C17H17NO3S/c19-12-16-15(9-11-22-16)8-4-5-10-18-17(20)21-13-14-6-2-1-3-7-14/h1-3,6-7,9,11,19H,5,10,12-13H2,(H,18,20). The van der Waals surface area contributed by atoms with Crippen molar-refractivity contribution in [1.82, 2.24) is 5.32 Å². The lowest BCUT2D eigenvalue weighted by molar-refractivity contribution is 0.140. The van der Waals surface area contributed by atoms with Gasteiger partial charge in [0.25, 0.3) is 0 Å². The van der Waals surface area contributed by atoms with Crippen LogP contribution in [0.5, 0.6) is 0 Å². The number of nitrogens with one attached hydrogen (secondary N) is 1. The monoisotopic (exact) mass is 315 g/mol. The lowest BCUT2D eigenvalue weighted by atomic mass is 10.2. The van der Waals surface area contributed by atoms with Crippen LogP contribution in [0.25, 0.3) is 0 Å². The fourth-order valence-corrected chi connectivity index (χ4v) is 2.42. The van der Waals surface area contributed by atoms with E-state index < -0.39 is 6.09 Å². The molecule has 0 aliphatic carbocycles. The number of amides is 1. The first-order valence-corrected chi connectivity index (χ1v) is 7.78. The van der Waals surface area contributed by atoms with Crippen LogP contribution in [0.15, 0.2) is 41.8 Å². The van der Waals surface area contributed by atoms with Crippen LogP contribution in [0, 0.1) is 11.8 Å². The quantitative estimate of drug-likeness (QED) is 0.659. The summed E-state index contributed by atoms with van der Waals surface area (Å²) >= 11 is 1.48. The first kappa shape index (κ1) is 16.1. The molecule has 2 N–H and O–H groups in total. The van der Waals surface area contributed by atoms with Crippen molar-refractivity contribution in [1.29, 1.82) is 0 Å². The number of aliphatic hydroxyl groups excluding tert-OH is 1. The number of aliphatic hydroxyl groups is 1. The Balaban J connectivity index is 1.65. The lowest BCUT2D eigenvalue weighted by Crippen LogP contribution is -2.24. The predicted octanol–water partition coefficient (Wildman–Crippen LogP) is 2.91. The number of ether oxygens (including phenoxy) is 1. The van der Waals surface area contributed by atoms with E-state index in [4.69, 9.17) is 9.84 Å². The van der Waals surface area contributed by atoms with Gasteiger partial charge in [-0.05, 0) is 17.0 Å². The maximum atomic E-state index is 11.5. The minimum Gasteiger partial charge on any atom is -0.445 e. The molecule has 0 radical (unpaired) electrons. The minimum absolute atomic E-state index is 0.00570. The minimum atomic E-state index is -0.447. The summed E-state index contributed by atoms with van der Waals surface area (Å²) in [6, 6.07) is 11.4. The van der Waals surface area contributed by atoms with E-state index in [0.717, 1.165) is 16.0 Å². The molecule has 0 unspecified atom stereocenters. The molecule has 0 atom stereocenters. The Labute approximate surface area is 133 Å². The maximum absolute atomic E-state index is 11.5. The van der Waals surface area contributed by atoms with E-state index in [9.17, 15) is 4.79 Å².